The first-order chi connectivity index (χ1) is 9.84. The van der Waals surface area contributed by atoms with E-state index in [0.29, 0.717) is 5.82 Å². The molecule has 20 heavy (non-hydrogen) atoms. The lowest BCUT2D eigenvalue weighted by molar-refractivity contribution is 0.802. The molecule has 0 unspecified atom stereocenters. The summed E-state index contributed by atoms with van der Waals surface area (Å²) < 4.78 is 0. The van der Waals surface area contributed by atoms with Crippen LogP contribution in [0.2, 0.25) is 0 Å². The number of aromatic amines is 1. The van der Waals surface area contributed by atoms with E-state index in [1.165, 1.54) is 4.88 Å². The van der Waals surface area contributed by atoms with Crippen molar-refractivity contribution in [3.05, 3.63) is 52.6 Å². The fourth-order valence-corrected chi connectivity index (χ4v) is 3.06. The molecule has 0 atom stereocenters. The second kappa shape index (κ2) is 5.88. The Morgan fingerprint density at radius 3 is 2.75 bits per heavy atom. The summed E-state index contributed by atoms with van der Waals surface area (Å²) in [6.07, 6.45) is 6.67. The van der Waals surface area contributed by atoms with Gasteiger partial charge in [0.05, 0.1) is 0 Å². The van der Waals surface area contributed by atoms with Crippen LogP contribution in [-0.2, 0) is 12.8 Å². The predicted molar refractivity (Wildman–Crippen MR) is 82.6 cm³/mol. The molecular weight excluding hydrogens is 268 g/mol. The summed E-state index contributed by atoms with van der Waals surface area (Å²) in [6, 6.07) is 8.19. The fraction of sp³-hybridized carbons (Fsp3) is 0.200. The van der Waals surface area contributed by atoms with E-state index in [4.69, 9.17) is 5.73 Å². The summed E-state index contributed by atoms with van der Waals surface area (Å²) in [5, 5.41) is 9.32. The smallest absolute Gasteiger partial charge is 0.153 e. The number of nitrogens with two attached hydrogens (primary N) is 1. The molecule has 0 spiro atoms. The Bertz CT molecular complexity index is 659. The van der Waals surface area contributed by atoms with E-state index in [9.17, 15) is 0 Å². The lowest BCUT2D eigenvalue weighted by Crippen LogP contribution is -1.93. The summed E-state index contributed by atoms with van der Waals surface area (Å²) in [5.74, 6) is 0.558. The molecule has 3 aromatic heterocycles. The minimum Gasteiger partial charge on any atom is -0.382 e. The minimum atomic E-state index is 0.558. The van der Waals surface area contributed by atoms with Gasteiger partial charge in [0.1, 0.15) is 0 Å². The monoisotopic (exact) mass is 284 g/mol. The van der Waals surface area contributed by atoms with Crippen molar-refractivity contribution in [3.8, 4) is 11.1 Å². The van der Waals surface area contributed by atoms with Gasteiger partial charge in [0.25, 0.3) is 0 Å². The van der Waals surface area contributed by atoms with Crippen LogP contribution in [0.15, 0.2) is 42.0 Å². The molecule has 3 rings (SSSR count). The summed E-state index contributed by atoms with van der Waals surface area (Å²) >= 11 is 1.81. The normalized spacial score (nSPS) is 10.8. The molecule has 0 bridgehead atoms. The summed E-state index contributed by atoms with van der Waals surface area (Å²) in [4.78, 5) is 5.46. The standard InChI is InChI=1S/C15H16N4S/c16-15-14(11-6-8-17-9-7-11)13(18-19-15)5-1-3-12-4-2-10-20-12/h2,4,6-10H,1,3,5H2,(H3,16,18,19). The Morgan fingerprint density at radius 2 is 2.00 bits per heavy atom. The van der Waals surface area contributed by atoms with Crippen molar-refractivity contribution in [1.82, 2.24) is 15.2 Å². The lowest BCUT2D eigenvalue weighted by Gasteiger charge is -2.04. The van der Waals surface area contributed by atoms with E-state index in [1.54, 1.807) is 23.7 Å². The van der Waals surface area contributed by atoms with Gasteiger partial charge < -0.3 is 5.73 Å². The summed E-state index contributed by atoms with van der Waals surface area (Å²) in [7, 11) is 0. The van der Waals surface area contributed by atoms with E-state index >= 15 is 0 Å². The van der Waals surface area contributed by atoms with Gasteiger partial charge in [-0.2, -0.15) is 5.10 Å². The minimum absolute atomic E-state index is 0.558. The Hall–Kier alpha value is -2.14. The molecule has 0 aliphatic heterocycles. The van der Waals surface area contributed by atoms with Gasteiger partial charge in [-0.3, -0.25) is 10.1 Å². The number of aryl methyl sites for hydroxylation is 2. The highest BCUT2D eigenvalue weighted by molar-refractivity contribution is 7.09. The van der Waals surface area contributed by atoms with Crippen LogP contribution < -0.4 is 5.73 Å². The van der Waals surface area contributed by atoms with Crippen molar-refractivity contribution < 1.29 is 0 Å². The zero-order valence-electron chi connectivity index (χ0n) is 11.0. The SMILES string of the molecule is Nc1n[nH]c(CCCc2cccs2)c1-c1ccncc1. The number of hydrogen-bond acceptors (Lipinski definition) is 4. The Morgan fingerprint density at radius 1 is 1.15 bits per heavy atom. The largest absolute Gasteiger partial charge is 0.382 e. The highest BCUT2D eigenvalue weighted by atomic mass is 32.1. The highest BCUT2D eigenvalue weighted by Crippen LogP contribution is 2.28. The number of nitrogens with one attached hydrogen (secondary N) is 1. The Balaban J connectivity index is 1.74. The van der Waals surface area contributed by atoms with Crippen LogP contribution in [0.25, 0.3) is 11.1 Å². The maximum Gasteiger partial charge on any atom is 0.153 e. The number of thiophene rings is 1. The highest BCUT2D eigenvalue weighted by Gasteiger charge is 2.12. The van der Waals surface area contributed by atoms with Crippen molar-refractivity contribution in [2.75, 3.05) is 5.73 Å². The fourth-order valence-electron chi connectivity index (χ4n) is 2.31. The number of hydrogen-bond donors (Lipinski definition) is 2. The van der Waals surface area contributed by atoms with Crippen molar-refractivity contribution in [2.45, 2.75) is 19.3 Å². The van der Waals surface area contributed by atoms with E-state index in [-0.39, 0.29) is 0 Å². The number of rotatable bonds is 5. The maximum absolute atomic E-state index is 5.98. The molecule has 0 saturated heterocycles. The zero-order valence-corrected chi connectivity index (χ0v) is 11.9. The number of pyridine rings is 1. The first-order valence-electron chi connectivity index (χ1n) is 6.60. The molecule has 0 aliphatic rings. The van der Waals surface area contributed by atoms with Gasteiger partial charge in [0.15, 0.2) is 5.82 Å². The molecule has 0 fully saturated rings. The molecule has 0 amide bonds. The van der Waals surface area contributed by atoms with Crippen LogP contribution in [0.5, 0.6) is 0 Å². The third-order valence-corrected chi connectivity index (χ3v) is 4.20. The van der Waals surface area contributed by atoms with Crippen molar-refractivity contribution >= 4 is 17.2 Å². The molecule has 3 aromatic rings. The average molecular weight is 284 g/mol. The van der Waals surface area contributed by atoms with E-state index in [1.807, 2.05) is 12.1 Å². The Labute approximate surface area is 121 Å². The van der Waals surface area contributed by atoms with Gasteiger partial charge in [0, 0.05) is 28.5 Å². The number of H-pyrrole nitrogens is 1. The van der Waals surface area contributed by atoms with Crippen LogP contribution in [0, 0.1) is 0 Å². The molecule has 5 heteroatoms. The first kappa shape index (κ1) is 12.9. The molecule has 4 nitrogen and oxygen atoms in total. The average Bonchev–Trinajstić information content (AvgIpc) is 3.10. The van der Waals surface area contributed by atoms with E-state index in [0.717, 1.165) is 36.1 Å². The first-order valence-corrected chi connectivity index (χ1v) is 7.48. The molecule has 102 valence electrons. The number of anilines is 1. The van der Waals surface area contributed by atoms with Crippen LogP contribution in [0.1, 0.15) is 17.0 Å². The molecule has 0 aliphatic carbocycles. The van der Waals surface area contributed by atoms with Gasteiger partial charge in [-0.1, -0.05) is 6.07 Å². The molecular formula is C15H16N4S. The third kappa shape index (κ3) is 2.72. The van der Waals surface area contributed by atoms with Crippen molar-refractivity contribution in [3.63, 3.8) is 0 Å². The van der Waals surface area contributed by atoms with Crippen LogP contribution in [0.3, 0.4) is 0 Å². The molecule has 3 N–H and O–H groups in total. The van der Waals surface area contributed by atoms with E-state index in [2.05, 4.69) is 32.7 Å². The van der Waals surface area contributed by atoms with Crippen molar-refractivity contribution in [2.24, 2.45) is 0 Å². The summed E-state index contributed by atoms with van der Waals surface area (Å²) in [6.45, 7) is 0. The van der Waals surface area contributed by atoms with E-state index < -0.39 is 0 Å². The van der Waals surface area contributed by atoms with Gasteiger partial charge in [0.2, 0.25) is 0 Å². The quantitative estimate of drug-likeness (QED) is 0.755. The zero-order chi connectivity index (χ0) is 13.8. The summed E-state index contributed by atoms with van der Waals surface area (Å²) in [5.41, 5.74) is 9.16. The Kier molecular flexibility index (Phi) is 3.78. The van der Waals surface area contributed by atoms with Gasteiger partial charge >= 0.3 is 0 Å². The predicted octanol–water partition coefficient (Wildman–Crippen LogP) is 3.29. The molecule has 0 saturated carbocycles. The van der Waals surface area contributed by atoms with Crippen molar-refractivity contribution in [1.29, 1.82) is 0 Å². The van der Waals surface area contributed by atoms with Crippen LogP contribution in [0.4, 0.5) is 5.82 Å². The second-order valence-electron chi connectivity index (χ2n) is 4.63. The van der Waals surface area contributed by atoms with Crippen LogP contribution >= 0.6 is 11.3 Å². The molecule has 0 aromatic carbocycles. The van der Waals surface area contributed by atoms with Crippen LogP contribution in [-0.4, -0.2) is 15.2 Å². The topological polar surface area (TPSA) is 67.6 Å². The van der Waals surface area contributed by atoms with Gasteiger partial charge in [-0.25, -0.2) is 0 Å². The number of nitrogen functional groups attached to an aromatic ring is 1. The number of nitrogens with zero attached hydrogens (tertiary/aromatic N) is 2. The molecule has 3 heterocycles. The maximum atomic E-state index is 5.98. The molecule has 0 radical (unpaired) electrons. The second-order valence-corrected chi connectivity index (χ2v) is 5.66. The third-order valence-electron chi connectivity index (χ3n) is 3.27. The lowest BCUT2D eigenvalue weighted by atomic mass is 10.0. The van der Waals surface area contributed by atoms with Gasteiger partial charge in [-0.15, -0.1) is 11.3 Å². The number of aromatic nitrogens is 3. The van der Waals surface area contributed by atoms with Gasteiger partial charge in [-0.05, 0) is 48.4 Å².